The van der Waals surface area contributed by atoms with Crippen LogP contribution in [0.1, 0.15) is 18.4 Å². The van der Waals surface area contributed by atoms with Crippen molar-refractivity contribution in [3.63, 3.8) is 0 Å². The number of benzene rings is 1. The van der Waals surface area contributed by atoms with Crippen molar-refractivity contribution in [2.75, 3.05) is 7.11 Å². The third kappa shape index (κ3) is 3.63. The Morgan fingerprint density at radius 3 is 2.50 bits per heavy atom. The van der Waals surface area contributed by atoms with Gasteiger partial charge in [0.2, 0.25) is 0 Å². The van der Waals surface area contributed by atoms with Crippen molar-refractivity contribution < 1.29 is 36.2 Å². The van der Waals surface area contributed by atoms with Crippen molar-refractivity contribution in [3.05, 3.63) is 36.0 Å². The lowest BCUT2D eigenvalue weighted by Crippen LogP contribution is -2.24. The molecule has 1 aliphatic rings. The van der Waals surface area contributed by atoms with Crippen molar-refractivity contribution in [1.82, 2.24) is 10.2 Å². The van der Waals surface area contributed by atoms with Crippen LogP contribution in [-0.2, 0) is 25.5 Å². The first-order valence-electron chi connectivity index (χ1n) is 8.26. The van der Waals surface area contributed by atoms with Gasteiger partial charge in [-0.15, -0.1) is 0 Å². The van der Waals surface area contributed by atoms with Gasteiger partial charge in [-0.1, -0.05) is 6.07 Å². The fourth-order valence-electron chi connectivity index (χ4n) is 3.49. The maximum absolute atomic E-state index is 13.6. The van der Waals surface area contributed by atoms with Gasteiger partial charge in [0.05, 0.1) is 33.4 Å². The molecule has 0 unspecified atom stereocenters. The lowest BCUT2D eigenvalue weighted by atomic mass is 10.1. The predicted molar refractivity (Wildman–Crippen MR) is 91.2 cm³/mol. The summed E-state index contributed by atoms with van der Waals surface area (Å²) in [6.07, 6.45) is -4.92. The second-order valence-corrected chi connectivity index (χ2v) is 8.73. The maximum Gasteiger partial charge on any atom is 0.417 e. The minimum Gasteiger partial charge on any atom is -0.481 e. The Kier molecular flexibility index (Phi) is 5.24. The zero-order valence-electron chi connectivity index (χ0n) is 14.6. The predicted octanol–water partition coefficient (Wildman–Crippen LogP) is 2.75. The number of hydrogen-bond acceptors (Lipinski definition) is 5. The molecular formula is C17H17F3N2O5S. The molecule has 28 heavy (non-hydrogen) atoms. The largest absolute Gasteiger partial charge is 0.481 e. The molecule has 7 nitrogen and oxygen atoms in total. The van der Waals surface area contributed by atoms with Gasteiger partial charge in [0.1, 0.15) is 0 Å². The first kappa shape index (κ1) is 20.3. The highest BCUT2D eigenvalue weighted by Crippen LogP contribution is 2.41. The molecule has 0 spiro atoms. The smallest absolute Gasteiger partial charge is 0.417 e. The number of carboxylic acids is 1. The summed E-state index contributed by atoms with van der Waals surface area (Å²) in [6, 6.07) is 4.37. The van der Waals surface area contributed by atoms with Crippen LogP contribution in [0.5, 0.6) is 0 Å². The van der Waals surface area contributed by atoms with Crippen molar-refractivity contribution in [1.29, 1.82) is 0 Å². The van der Waals surface area contributed by atoms with Crippen molar-refractivity contribution in [2.24, 2.45) is 5.92 Å². The highest BCUT2D eigenvalue weighted by molar-refractivity contribution is 7.92. The molecule has 1 fully saturated rings. The van der Waals surface area contributed by atoms with Crippen molar-refractivity contribution >= 4 is 15.8 Å². The number of aliphatic carboxylic acids is 1. The number of alkyl halides is 3. The minimum absolute atomic E-state index is 0.133. The fourth-order valence-corrected chi connectivity index (χ4v) is 5.49. The molecule has 1 heterocycles. The van der Waals surface area contributed by atoms with Gasteiger partial charge in [-0.2, -0.15) is 18.3 Å². The molecule has 0 bridgehead atoms. The number of hydrogen-bond donors (Lipinski definition) is 2. The SMILES string of the molecule is CO[C@@H]1C[C@H](S(=O)(=O)c2ccc(-c3ccn[nH]3)cc2C(F)(F)F)C[C@H]1C(=O)O. The summed E-state index contributed by atoms with van der Waals surface area (Å²) < 4.78 is 71.8. The van der Waals surface area contributed by atoms with E-state index in [0.29, 0.717) is 5.69 Å². The number of carbonyl (C=O) groups is 1. The Hall–Kier alpha value is -2.40. The van der Waals surface area contributed by atoms with Gasteiger partial charge < -0.3 is 9.84 Å². The average Bonchev–Trinajstić information content (AvgIpc) is 3.30. The molecule has 0 saturated heterocycles. The first-order valence-corrected chi connectivity index (χ1v) is 9.80. The van der Waals surface area contributed by atoms with E-state index in [1.54, 1.807) is 0 Å². The zero-order valence-corrected chi connectivity index (χ0v) is 15.4. The number of rotatable bonds is 5. The van der Waals surface area contributed by atoms with E-state index < -0.39 is 49.7 Å². The van der Waals surface area contributed by atoms with E-state index in [4.69, 9.17) is 4.74 Å². The number of methoxy groups -OCH3 is 1. The van der Waals surface area contributed by atoms with Crippen LogP contribution >= 0.6 is 0 Å². The molecular weight excluding hydrogens is 401 g/mol. The third-order valence-corrected chi connectivity index (χ3v) is 7.15. The summed E-state index contributed by atoms with van der Waals surface area (Å²) in [5.41, 5.74) is -0.860. The van der Waals surface area contributed by atoms with Crippen molar-refractivity contribution in [3.8, 4) is 11.3 Å². The molecule has 3 rings (SSSR count). The number of carboxylic acid groups (broad SMARTS) is 1. The third-order valence-electron chi connectivity index (χ3n) is 4.92. The molecule has 0 aliphatic heterocycles. The van der Waals surface area contributed by atoms with Crippen LogP contribution < -0.4 is 0 Å². The molecule has 0 amide bonds. The summed E-state index contributed by atoms with van der Waals surface area (Å²) in [6.45, 7) is 0. The summed E-state index contributed by atoms with van der Waals surface area (Å²) in [4.78, 5) is 10.5. The number of H-pyrrole nitrogens is 1. The highest BCUT2D eigenvalue weighted by Gasteiger charge is 2.47. The summed E-state index contributed by atoms with van der Waals surface area (Å²) in [5.74, 6) is -2.33. The molecule has 2 aromatic rings. The number of nitrogens with one attached hydrogen (secondary N) is 1. The molecule has 11 heteroatoms. The van der Waals surface area contributed by atoms with Gasteiger partial charge in [-0.3, -0.25) is 9.89 Å². The van der Waals surface area contributed by atoms with E-state index in [1.807, 2.05) is 0 Å². The Bertz CT molecular complexity index is 973. The quantitative estimate of drug-likeness (QED) is 0.773. The standard InChI is InChI=1S/C17H17F3N2O5S/c1-27-14-8-10(7-11(14)16(23)24)28(25,26)15-3-2-9(13-4-5-21-22-13)6-12(15)17(18,19)20/h2-6,10-11,14H,7-8H2,1H3,(H,21,22)(H,23,24)/t10-,11-,14-/m1/s1. The number of aromatic amines is 1. The van der Waals surface area contributed by atoms with E-state index in [1.165, 1.54) is 25.4 Å². The van der Waals surface area contributed by atoms with Gasteiger partial charge in [-0.25, -0.2) is 8.42 Å². The van der Waals surface area contributed by atoms with Crippen LogP contribution in [0.25, 0.3) is 11.3 Å². The topological polar surface area (TPSA) is 109 Å². The van der Waals surface area contributed by atoms with E-state index in [9.17, 15) is 31.5 Å². The van der Waals surface area contributed by atoms with Crippen LogP contribution in [0.3, 0.4) is 0 Å². The van der Waals surface area contributed by atoms with Crippen molar-refractivity contribution in [2.45, 2.75) is 35.3 Å². The number of ether oxygens (including phenoxy) is 1. The number of aromatic nitrogens is 2. The lowest BCUT2D eigenvalue weighted by molar-refractivity contribution is -0.145. The average molecular weight is 418 g/mol. The van der Waals surface area contributed by atoms with Crippen LogP contribution in [0.2, 0.25) is 0 Å². The molecule has 0 radical (unpaired) electrons. The second-order valence-electron chi connectivity index (χ2n) is 6.54. The monoisotopic (exact) mass is 418 g/mol. The number of nitrogens with zero attached hydrogens (tertiary/aromatic N) is 1. The molecule has 2 N–H and O–H groups in total. The van der Waals surface area contributed by atoms with E-state index in [0.717, 1.165) is 12.1 Å². The van der Waals surface area contributed by atoms with E-state index >= 15 is 0 Å². The van der Waals surface area contributed by atoms with Gasteiger partial charge in [0, 0.05) is 18.9 Å². The molecule has 1 aromatic carbocycles. The van der Waals surface area contributed by atoms with Crippen LogP contribution in [0.15, 0.2) is 35.4 Å². The van der Waals surface area contributed by atoms with E-state index in [2.05, 4.69) is 10.2 Å². The minimum atomic E-state index is -4.91. The molecule has 1 aromatic heterocycles. The fraction of sp³-hybridized carbons (Fsp3) is 0.412. The maximum atomic E-state index is 13.6. The zero-order chi connectivity index (χ0) is 20.7. The van der Waals surface area contributed by atoms with Gasteiger partial charge in [0.15, 0.2) is 9.84 Å². The number of sulfone groups is 1. The first-order chi connectivity index (χ1) is 13.1. The Balaban J connectivity index is 2.06. The highest BCUT2D eigenvalue weighted by atomic mass is 32.2. The van der Waals surface area contributed by atoms with Gasteiger partial charge in [0.25, 0.3) is 0 Å². The van der Waals surface area contributed by atoms with Crippen LogP contribution in [0.4, 0.5) is 13.2 Å². The molecule has 1 saturated carbocycles. The van der Waals surface area contributed by atoms with E-state index in [-0.39, 0.29) is 18.4 Å². The van der Waals surface area contributed by atoms with Gasteiger partial charge >= 0.3 is 12.1 Å². The number of halogens is 3. The second kappa shape index (κ2) is 7.21. The normalized spacial score (nSPS) is 23.1. The Labute approximate surface area is 158 Å². The van der Waals surface area contributed by atoms with Crippen LogP contribution in [0, 0.1) is 5.92 Å². The molecule has 152 valence electrons. The summed E-state index contributed by atoms with van der Waals surface area (Å²) in [7, 11) is -3.19. The Morgan fingerprint density at radius 2 is 2.00 bits per heavy atom. The van der Waals surface area contributed by atoms with Crippen LogP contribution in [-0.4, -0.2) is 48.2 Å². The lowest BCUT2D eigenvalue weighted by Gasteiger charge is -2.18. The molecule has 1 aliphatic carbocycles. The Morgan fingerprint density at radius 1 is 1.29 bits per heavy atom. The molecule has 3 atom stereocenters. The van der Waals surface area contributed by atoms with Gasteiger partial charge in [-0.05, 0) is 31.0 Å². The summed E-state index contributed by atoms with van der Waals surface area (Å²) in [5, 5.41) is 14.2. The summed E-state index contributed by atoms with van der Waals surface area (Å²) >= 11 is 0.